The molecule has 1 N–H and O–H groups in total. The monoisotopic (exact) mass is 330 g/mol. The number of hydrogen-bond donors (Lipinski definition) is 1. The second-order valence-electron chi connectivity index (χ2n) is 4.07. The fourth-order valence-corrected chi connectivity index (χ4v) is 2.27. The van der Waals surface area contributed by atoms with Crippen molar-refractivity contribution in [2.45, 2.75) is 13.5 Å². The van der Waals surface area contributed by atoms with Crippen LogP contribution in [0.15, 0.2) is 30.3 Å². The SMILES string of the molecule is CCNCc1nc(Oc2cc(Cl)cc(Cl)c2)ccc1Cl. The number of halogens is 3. The van der Waals surface area contributed by atoms with Crippen molar-refractivity contribution in [1.29, 1.82) is 0 Å². The minimum Gasteiger partial charge on any atom is -0.439 e. The third-order valence-electron chi connectivity index (χ3n) is 2.49. The van der Waals surface area contributed by atoms with Crippen molar-refractivity contribution in [3.8, 4) is 11.6 Å². The largest absolute Gasteiger partial charge is 0.439 e. The van der Waals surface area contributed by atoms with Gasteiger partial charge in [0.25, 0.3) is 0 Å². The van der Waals surface area contributed by atoms with E-state index in [0.717, 1.165) is 12.2 Å². The topological polar surface area (TPSA) is 34.2 Å². The second-order valence-corrected chi connectivity index (χ2v) is 5.35. The summed E-state index contributed by atoms with van der Waals surface area (Å²) in [7, 11) is 0. The van der Waals surface area contributed by atoms with E-state index in [4.69, 9.17) is 39.5 Å². The molecule has 0 bridgehead atoms. The van der Waals surface area contributed by atoms with Gasteiger partial charge in [0.1, 0.15) is 5.75 Å². The molecular weight excluding hydrogens is 319 g/mol. The van der Waals surface area contributed by atoms with E-state index in [9.17, 15) is 0 Å². The van der Waals surface area contributed by atoms with Crippen LogP contribution in [-0.2, 0) is 6.54 Å². The van der Waals surface area contributed by atoms with Crippen LogP contribution < -0.4 is 10.1 Å². The molecule has 0 saturated heterocycles. The average Bonchev–Trinajstić information content (AvgIpc) is 2.38. The van der Waals surface area contributed by atoms with Gasteiger partial charge in [-0.2, -0.15) is 0 Å². The van der Waals surface area contributed by atoms with E-state index in [0.29, 0.717) is 33.2 Å². The number of pyridine rings is 1. The van der Waals surface area contributed by atoms with Crippen molar-refractivity contribution in [2.75, 3.05) is 6.54 Å². The lowest BCUT2D eigenvalue weighted by Crippen LogP contribution is -2.13. The fourth-order valence-electron chi connectivity index (χ4n) is 1.60. The molecule has 1 heterocycles. The van der Waals surface area contributed by atoms with Gasteiger partial charge in [-0.15, -0.1) is 0 Å². The zero-order chi connectivity index (χ0) is 14.5. The van der Waals surface area contributed by atoms with Crippen molar-refractivity contribution in [1.82, 2.24) is 10.3 Å². The molecule has 1 aromatic heterocycles. The Hall–Kier alpha value is -1.000. The maximum atomic E-state index is 6.09. The summed E-state index contributed by atoms with van der Waals surface area (Å²) in [6, 6.07) is 8.44. The minimum absolute atomic E-state index is 0.445. The molecule has 6 heteroatoms. The molecule has 0 aliphatic heterocycles. The van der Waals surface area contributed by atoms with Crippen LogP contribution in [0.1, 0.15) is 12.6 Å². The van der Waals surface area contributed by atoms with Crippen LogP contribution in [0, 0.1) is 0 Å². The second kappa shape index (κ2) is 7.14. The number of hydrogen-bond acceptors (Lipinski definition) is 3. The van der Waals surface area contributed by atoms with Crippen LogP contribution in [-0.4, -0.2) is 11.5 Å². The first-order chi connectivity index (χ1) is 9.58. The molecule has 20 heavy (non-hydrogen) atoms. The van der Waals surface area contributed by atoms with Crippen molar-refractivity contribution in [3.63, 3.8) is 0 Å². The van der Waals surface area contributed by atoms with E-state index in [-0.39, 0.29) is 0 Å². The highest BCUT2D eigenvalue weighted by molar-refractivity contribution is 6.34. The molecule has 0 atom stereocenters. The normalized spacial score (nSPS) is 10.6. The maximum absolute atomic E-state index is 6.09. The molecule has 0 radical (unpaired) electrons. The molecule has 3 nitrogen and oxygen atoms in total. The Labute approximate surface area is 132 Å². The van der Waals surface area contributed by atoms with Gasteiger partial charge in [-0.3, -0.25) is 0 Å². The first-order valence-corrected chi connectivity index (χ1v) is 7.22. The summed E-state index contributed by atoms with van der Waals surface area (Å²) < 4.78 is 5.65. The zero-order valence-corrected chi connectivity index (χ0v) is 13.1. The molecule has 0 spiro atoms. The van der Waals surface area contributed by atoms with Gasteiger partial charge in [0.15, 0.2) is 0 Å². The van der Waals surface area contributed by atoms with E-state index >= 15 is 0 Å². The smallest absolute Gasteiger partial charge is 0.219 e. The van der Waals surface area contributed by atoms with E-state index in [1.165, 1.54) is 0 Å². The predicted molar refractivity (Wildman–Crippen MR) is 83.2 cm³/mol. The lowest BCUT2D eigenvalue weighted by Gasteiger charge is -2.09. The van der Waals surface area contributed by atoms with Gasteiger partial charge in [-0.25, -0.2) is 4.98 Å². The van der Waals surface area contributed by atoms with E-state index < -0.39 is 0 Å². The van der Waals surface area contributed by atoms with Crippen LogP contribution >= 0.6 is 34.8 Å². The highest BCUT2D eigenvalue weighted by Gasteiger charge is 2.06. The van der Waals surface area contributed by atoms with Crippen LogP contribution in [0.2, 0.25) is 15.1 Å². The Bertz CT molecular complexity index is 585. The van der Waals surface area contributed by atoms with Gasteiger partial charge in [0.2, 0.25) is 5.88 Å². The summed E-state index contributed by atoms with van der Waals surface area (Å²) in [6.45, 7) is 3.44. The van der Waals surface area contributed by atoms with Crippen molar-refractivity contribution >= 4 is 34.8 Å². The Morgan fingerprint density at radius 3 is 2.45 bits per heavy atom. The quantitative estimate of drug-likeness (QED) is 0.842. The Morgan fingerprint density at radius 1 is 1.10 bits per heavy atom. The van der Waals surface area contributed by atoms with Crippen LogP contribution in [0.3, 0.4) is 0 Å². The molecule has 0 fully saturated rings. The first-order valence-electron chi connectivity index (χ1n) is 6.08. The molecule has 0 saturated carbocycles. The molecule has 2 rings (SSSR count). The molecule has 2 aromatic rings. The molecule has 0 aliphatic carbocycles. The third kappa shape index (κ3) is 4.25. The van der Waals surface area contributed by atoms with E-state index in [1.807, 2.05) is 6.92 Å². The van der Waals surface area contributed by atoms with Gasteiger partial charge in [0.05, 0.1) is 10.7 Å². The first kappa shape index (κ1) is 15.4. The van der Waals surface area contributed by atoms with E-state index in [2.05, 4.69) is 10.3 Å². The standard InChI is InChI=1S/C14H13Cl3N2O/c1-2-18-8-13-12(17)3-4-14(19-13)20-11-6-9(15)5-10(16)7-11/h3-7,18H,2,8H2,1H3. The number of benzene rings is 1. The molecule has 1 aromatic carbocycles. The Morgan fingerprint density at radius 2 is 1.80 bits per heavy atom. The van der Waals surface area contributed by atoms with Gasteiger partial charge in [-0.05, 0) is 30.8 Å². The van der Waals surface area contributed by atoms with Gasteiger partial charge in [-0.1, -0.05) is 41.7 Å². The van der Waals surface area contributed by atoms with Crippen LogP contribution in [0.4, 0.5) is 0 Å². The number of aromatic nitrogens is 1. The highest BCUT2D eigenvalue weighted by Crippen LogP contribution is 2.28. The van der Waals surface area contributed by atoms with Gasteiger partial charge in [0, 0.05) is 22.7 Å². The molecule has 0 amide bonds. The van der Waals surface area contributed by atoms with Gasteiger partial charge < -0.3 is 10.1 Å². The summed E-state index contributed by atoms with van der Waals surface area (Å²) in [5.41, 5.74) is 0.735. The lowest BCUT2D eigenvalue weighted by atomic mass is 10.3. The molecule has 0 aliphatic rings. The highest BCUT2D eigenvalue weighted by atomic mass is 35.5. The zero-order valence-electron chi connectivity index (χ0n) is 10.8. The molecule has 0 unspecified atom stereocenters. The van der Waals surface area contributed by atoms with Gasteiger partial charge >= 0.3 is 0 Å². The van der Waals surface area contributed by atoms with Crippen LogP contribution in [0.5, 0.6) is 11.6 Å². The van der Waals surface area contributed by atoms with Crippen molar-refractivity contribution < 1.29 is 4.74 Å². The molecule has 106 valence electrons. The summed E-state index contributed by atoms with van der Waals surface area (Å²) in [6.07, 6.45) is 0. The van der Waals surface area contributed by atoms with Crippen LogP contribution in [0.25, 0.3) is 0 Å². The summed E-state index contributed by atoms with van der Waals surface area (Å²) in [5, 5.41) is 4.79. The number of nitrogens with one attached hydrogen (secondary N) is 1. The Kier molecular flexibility index (Phi) is 5.49. The number of ether oxygens (including phenoxy) is 1. The Balaban J connectivity index is 2.20. The summed E-state index contributed by atoms with van der Waals surface area (Å²) in [4.78, 5) is 4.36. The fraction of sp³-hybridized carbons (Fsp3) is 0.214. The average molecular weight is 332 g/mol. The minimum atomic E-state index is 0.445. The number of rotatable bonds is 5. The van der Waals surface area contributed by atoms with Crippen molar-refractivity contribution in [2.24, 2.45) is 0 Å². The summed E-state index contributed by atoms with van der Waals surface area (Å²) >= 11 is 17.9. The maximum Gasteiger partial charge on any atom is 0.219 e. The lowest BCUT2D eigenvalue weighted by molar-refractivity contribution is 0.460. The summed E-state index contributed by atoms with van der Waals surface area (Å²) in [5.74, 6) is 0.979. The van der Waals surface area contributed by atoms with E-state index in [1.54, 1.807) is 30.3 Å². The predicted octanol–water partition coefficient (Wildman–Crippen LogP) is 4.94. The number of nitrogens with zero attached hydrogens (tertiary/aromatic N) is 1. The molecular formula is C14H13Cl3N2O. The third-order valence-corrected chi connectivity index (χ3v) is 3.27. The van der Waals surface area contributed by atoms with Crippen molar-refractivity contribution in [3.05, 3.63) is 51.1 Å².